The maximum atomic E-state index is 12.6. The summed E-state index contributed by atoms with van der Waals surface area (Å²) in [7, 11) is 0. The van der Waals surface area contributed by atoms with Gasteiger partial charge in [-0.2, -0.15) is 0 Å². The number of amides is 1. The third-order valence-electron chi connectivity index (χ3n) is 4.65. The smallest absolute Gasteiger partial charge is 0.253 e. The van der Waals surface area contributed by atoms with Gasteiger partial charge in [0.2, 0.25) is 5.91 Å². The SMILES string of the molecule is CCCCC[C@H](NC(=O)C1CCCC1)C(=O)Cn1cnccc1=O. The number of hydrogen-bond acceptors (Lipinski definition) is 4. The Bertz CT molecular complexity index is 606. The van der Waals surface area contributed by atoms with Gasteiger partial charge < -0.3 is 5.32 Å². The standard InChI is InChI=1S/C18H27N3O3/c1-2-3-4-9-15(20-18(24)14-7-5-6-8-14)16(22)12-21-13-19-11-10-17(21)23/h10-11,13-15H,2-9,12H2,1H3,(H,20,24)/t15-/m0/s1. The molecule has 0 unspecified atom stereocenters. The van der Waals surface area contributed by atoms with Gasteiger partial charge in [-0.15, -0.1) is 0 Å². The number of nitrogens with zero attached hydrogens (tertiary/aromatic N) is 2. The summed E-state index contributed by atoms with van der Waals surface area (Å²) in [4.78, 5) is 40.6. The number of ketones is 1. The molecule has 6 nitrogen and oxygen atoms in total. The maximum Gasteiger partial charge on any atom is 0.253 e. The van der Waals surface area contributed by atoms with Gasteiger partial charge in [-0.05, 0) is 19.3 Å². The summed E-state index contributed by atoms with van der Waals surface area (Å²) in [5, 5.41) is 2.93. The van der Waals surface area contributed by atoms with Crippen molar-refractivity contribution >= 4 is 11.7 Å². The van der Waals surface area contributed by atoms with Gasteiger partial charge >= 0.3 is 0 Å². The van der Waals surface area contributed by atoms with Gasteiger partial charge in [0.15, 0.2) is 5.78 Å². The van der Waals surface area contributed by atoms with E-state index in [9.17, 15) is 14.4 Å². The molecule has 0 spiro atoms. The molecule has 0 aromatic carbocycles. The largest absolute Gasteiger partial charge is 0.346 e. The molecule has 1 aliphatic rings. The van der Waals surface area contributed by atoms with Crippen molar-refractivity contribution in [2.24, 2.45) is 5.92 Å². The van der Waals surface area contributed by atoms with Gasteiger partial charge in [0.25, 0.3) is 5.56 Å². The topological polar surface area (TPSA) is 81.1 Å². The van der Waals surface area contributed by atoms with Gasteiger partial charge in [0, 0.05) is 18.2 Å². The van der Waals surface area contributed by atoms with Gasteiger partial charge in [0.05, 0.1) is 18.9 Å². The van der Waals surface area contributed by atoms with E-state index in [4.69, 9.17) is 0 Å². The van der Waals surface area contributed by atoms with Gasteiger partial charge in [-0.1, -0.05) is 39.0 Å². The highest BCUT2D eigenvalue weighted by atomic mass is 16.2. The van der Waals surface area contributed by atoms with E-state index < -0.39 is 6.04 Å². The van der Waals surface area contributed by atoms with Crippen LogP contribution in [0.2, 0.25) is 0 Å². The normalized spacial score (nSPS) is 16.0. The summed E-state index contributed by atoms with van der Waals surface area (Å²) < 4.78 is 1.29. The second-order valence-corrected chi connectivity index (χ2v) is 6.55. The van der Waals surface area contributed by atoms with Crippen LogP contribution in [0.3, 0.4) is 0 Å². The Labute approximate surface area is 142 Å². The molecule has 2 rings (SSSR count). The molecule has 0 bridgehead atoms. The van der Waals surface area contributed by atoms with E-state index in [2.05, 4.69) is 17.2 Å². The number of rotatable bonds is 9. The lowest BCUT2D eigenvalue weighted by atomic mass is 10.0. The fraction of sp³-hybridized carbons (Fsp3) is 0.667. The third kappa shape index (κ3) is 5.28. The van der Waals surface area contributed by atoms with E-state index in [1.165, 1.54) is 23.2 Å². The molecule has 1 N–H and O–H groups in total. The van der Waals surface area contributed by atoms with Gasteiger partial charge in [0.1, 0.15) is 0 Å². The zero-order valence-electron chi connectivity index (χ0n) is 14.4. The summed E-state index contributed by atoms with van der Waals surface area (Å²) in [5.74, 6) is -0.110. The van der Waals surface area contributed by atoms with Crippen LogP contribution in [0.4, 0.5) is 0 Å². The Hall–Kier alpha value is -1.98. The quantitative estimate of drug-likeness (QED) is 0.702. The summed E-state index contributed by atoms with van der Waals surface area (Å²) in [6.07, 6.45) is 10.3. The van der Waals surface area contributed by atoms with Crippen molar-refractivity contribution in [3.63, 3.8) is 0 Å². The van der Waals surface area contributed by atoms with Crippen molar-refractivity contribution in [2.45, 2.75) is 70.9 Å². The predicted molar refractivity (Wildman–Crippen MR) is 91.5 cm³/mol. The first-order valence-electron chi connectivity index (χ1n) is 8.95. The van der Waals surface area contributed by atoms with Crippen LogP contribution < -0.4 is 10.9 Å². The van der Waals surface area contributed by atoms with E-state index >= 15 is 0 Å². The molecular formula is C18H27N3O3. The summed E-state index contributed by atoms with van der Waals surface area (Å²) in [6, 6.07) is 0.813. The number of carbonyl (C=O) groups excluding carboxylic acids is 2. The minimum absolute atomic E-state index is 0.0131. The average molecular weight is 333 g/mol. The van der Waals surface area contributed by atoms with Crippen molar-refractivity contribution < 1.29 is 9.59 Å². The van der Waals surface area contributed by atoms with Crippen LogP contribution in [0, 0.1) is 5.92 Å². The van der Waals surface area contributed by atoms with Crippen molar-refractivity contribution in [2.75, 3.05) is 0 Å². The van der Waals surface area contributed by atoms with Crippen molar-refractivity contribution in [1.29, 1.82) is 0 Å². The predicted octanol–water partition coefficient (Wildman–Crippen LogP) is 2.07. The first kappa shape index (κ1) is 18.4. The van der Waals surface area contributed by atoms with Crippen molar-refractivity contribution in [3.05, 3.63) is 28.9 Å². The first-order valence-corrected chi connectivity index (χ1v) is 8.95. The maximum absolute atomic E-state index is 12.6. The molecular weight excluding hydrogens is 306 g/mol. The van der Waals surface area contributed by atoms with Crippen molar-refractivity contribution in [3.8, 4) is 0 Å². The number of hydrogen-bond donors (Lipinski definition) is 1. The Morgan fingerprint density at radius 2 is 2.08 bits per heavy atom. The molecule has 1 saturated carbocycles. The van der Waals surface area contributed by atoms with Crippen LogP contribution >= 0.6 is 0 Å². The molecule has 1 atom stereocenters. The molecule has 1 aliphatic carbocycles. The highest BCUT2D eigenvalue weighted by molar-refractivity contribution is 5.89. The number of unbranched alkanes of at least 4 members (excludes halogenated alkanes) is 2. The second-order valence-electron chi connectivity index (χ2n) is 6.55. The summed E-state index contributed by atoms with van der Waals surface area (Å²) >= 11 is 0. The molecule has 132 valence electrons. The Balaban J connectivity index is 2.00. The van der Waals surface area contributed by atoms with Crippen LogP contribution in [0.5, 0.6) is 0 Å². The molecule has 0 radical (unpaired) electrons. The lowest BCUT2D eigenvalue weighted by molar-refractivity contribution is -0.130. The van der Waals surface area contributed by atoms with Crippen LogP contribution in [-0.2, 0) is 16.1 Å². The van der Waals surface area contributed by atoms with E-state index in [1.54, 1.807) is 0 Å². The van der Waals surface area contributed by atoms with E-state index in [1.807, 2.05) is 0 Å². The van der Waals surface area contributed by atoms with E-state index in [-0.39, 0.29) is 29.7 Å². The first-order chi connectivity index (χ1) is 11.6. The number of carbonyl (C=O) groups is 2. The molecule has 1 aromatic heterocycles. The van der Waals surface area contributed by atoms with Gasteiger partial charge in [-0.3, -0.25) is 19.0 Å². The highest BCUT2D eigenvalue weighted by Crippen LogP contribution is 2.25. The second kappa shape index (κ2) is 9.35. The van der Waals surface area contributed by atoms with E-state index in [0.717, 1.165) is 44.9 Å². The molecule has 6 heteroatoms. The van der Waals surface area contributed by atoms with Crippen molar-refractivity contribution in [1.82, 2.24) is 14.9 Å². The lowest BCUT2D eigenvalue weighted by Gasteiger charge is -2.20. The number of Topliss-reactive ketones (excluding diaryl/α,β-unsaturated/α-hetero) is 1. The Morgan fingerprint density at radius 1 is 1.33 bits per heavy atom. The highest BCUT2D eigenvalue weighted by Gasteiger charge is 2.27. The zero-order chi connectivity index (χ0) is 17.4. The third-order valence-corrected chi connectivity index (χ3v) is 4.65. The molecule has 1 heterocycles. The minimum atomic E-state index is -0.517. The van der Waals surface area contributed by atoms with Gasteiger partial charge in [-0.25, -0.2) is 4.98 Å². The Kier molecular flexibility index (Phi) is 7.15. The molecule has 0 saturated heterocycles. The molecule has 1 fully saturated rings. The Morgan fingerprint density at radius 3 is 2.75 bits per heavy atom. The van der Waals surface area contributed by atoms with Crippen LogP contribution in [0.1, 0.15) is 58.3 Å². The fourth-order valence-electron chi connectivity index (χ4n) is 3.16. The summed E-state index contributed by atoms with van der Waals surface area (Å²) in [6.45, 7) is 2.05. The monoisotopic (exact) mass is 333 g/mol. The minimum Gasteiger partial charge on any atom is -0.346 e. The summed E-state index contributed by atoms with van der Waals surface area (Å²) in [5.41, 5.74) is -0.257. The molecule has 0 aliphatic heterocycles. The zero-order valence-corrected chi connectivity index (χ0v) is 14.4. The molecule has 1 aromatic rings. The number of nitrogens with one attached hydrogen (secondary N) is 1. The molecule has 1 amide bonds. The lowest BCUT2D eigenvalue weighted by Crippen LogP contribution is -2.45. The average Bonchev–Trinajstić information content (AvgIpc) is 3.10. The fourth-order valence-corrected chi connectivity index (χ4v) is 3.16. The van der Waals surface area contributed by atoms with Crippen LogP contribution in [0.15, 0.2) is 23.4 Å². The number of aromatic nitrogens is 2. The van der Waals surface area contributed by atoms with Crippen LogP contribution in [0.25, 0.3) is 0 Å². The molecule has 24 heavy (non-hydrogen) atoms. The van der Waals surface area contributed by atoms with E-state index in [0.29, 0.717) is 6.42 Å². The van der Waals surface area contributed by atoms with Crippen LogP contribution in [-0.4, -0.2) is 27.3 Å².